The van der Waals surface area contributed by atoms with Crippen molar-refractivity contribution in [3.05, 3.63) is 42.1 Å². The molecule has 1 aliphatic rings. The van der Waals surface area contributed by atoms with Gasteiger partial charge in [-0.15, -0.1) is 0 Å². The van der Waals surface area contributed by atoms with Crippen LogP contribution in [0, 0.1) is 12.8 Å². The molecule has 1 amide bonds. The van der Waals surface area contributed by atoms with Gasteiger partial charge in [-0.2, -0.15) is 0 Å². The first-order valence-electron chi connectivity index (χ1n) is 8.54. The number of aryl methyl sites for hydroxylation is 2. The minimum absolute atomic E-state index is 0.301. The summed E-state index contributed by atoms with van der Waals surface area (Å²) in [6.45, 7) is 2.04. The molecule has 1 saturated carbocycles. The molecule has 0 bridgehead atoms. The van der Waals surface area contributed by atoms with Gasteiger partial charge in [-0.3, -0.25) is 4.79 Å². The molecule has 134 valence electrons. The Morgan fingerprint density at radius 3 is 2.81 bits per heavy atom. The Kier molecular flexibility index (Phi) is 3.90. The van der Waals surface area contributed by atoms with E-state index in [0.29, 0.717) is 12.2 Å². The maximum Gasteiger partial charge on any atom is 0.231 e. The first-order chi connectivity index (χ1) is 12.5. The van der Waals surface area contributed by atoms with Gasteiger partial charge >= 0.3 is 0 Å². The largest absolute Gasteiger partial charge is 0.496 e. The Hall–Kier alpha value is -2.89. The molecule has 0 saturated heterocycles. The molecule has 6 heteroatoms. The van der Waals surface area contributed by atoms with Crippen LogP contribution in [0.15, 0.2) is 36.5 Å². The van der Waals surface area contributed by atoms with Gasteiger partial charge in [-0.25, -0.2) is 9.37 Å². The fourth-order valence-corrected chi connectivity index (χ4v) is 3.46. The van der Waals surface area contributed by atoms with Crippen LogP contribution in [0.25, 0.3) is 22.2 Å². The minimum atomic E-state index is -1.02. The average molecular weight is 353 g/mol. The number of rotatable bonds is 4. The van der Waals surface area contributed by atoms with Crippen molar-refractivity contribution in [1.29, 1.82) is 0 Å². The van der Waals surface area contributed by atoms with E-state index in [2.05, 4.69) is 14.9 Å². The Morgan fingerprint density at radius 1 is 1.38 bits per heavy atom. The summed E-state index contributed by atoms with van der Waals surface area (Å²) in [5.41, 5.74) is 4.06. The van der Waals surface area contributed by atoms with Crippen LogP contribution in [0.3, 0.4) is 0 Å². The Morgan fingerprint density at radius 2 is 2.12 bits per heavy atom. The van der Waals surface area contributed by atoms with Gasteiger partial charge in [0.15, 0.2) is 0 Å². The van der Waals surface area contributed by atoms with Crippen molar-refractivity contribution in [3.63, 3.8) is 0 Å². The number of alkyl halides is 1. The van der Waals surface area contributed by atoms with Crippen LogP contribution in [0.1, 0.15) is 12.0 Å². The highest BCUT2D eigenvalue weighted by atomic mass is 19.1. The number of methoxy groups -OCH3 is 1. The average Bonchev–Trinajstić information content (AvgIpc) is 3.33. The Balaban J connectivity index is 1.77. The lowest BCUT2D eigenvalue weighted by Crippen LogP contribution is -2.15. The second kappa shape index (κ2) is 6.12. The standard InChI is InChI=1S/C20H20FN3O2/c1-11-14-10-22-18(23-20(25)13-8-15(13)21)9-16(14)24(2)19(11)12-6-4-5-7-17(12)26-3/h4-7,9-10,13,15H,8H2,1-3H3,(H,22,23,25). The number of nitrogens with zero attached hydrogens (tertiary/aromatic N) is 2. The van der Waals surface area contributed by atoms with Crippen LogP contribution in [0.2, 0.25) is 0 Å². The van der Waals surface area contributed by atoms with E-state index in [1.165, 1.54) is 0 Å². The molecule has 5 nitrogen and oxygen atoms in total. The van der Waals surface area contributed by atoms with Crippen LogP contribution in [-0.2, 0) is 11.8 Å². The molecule has 2 aromatic heterocycles. The van der Waals surface area contributed by atoms with Crippen molar-refractivity contribution in [1.82, 2.24) is 9.55 Å². The predicted molar refractivity (Wildman–Crippen MR) is 99.1 cm³/mol. The van der Waals surface area contributed by atoms with Gasteiger partial charge in [0.1, 0.15) is 17.7 Å². The van der Waals surface area contributed by atoms with Crippen LogP contribution in [-0.4, -0.2) is 28.7 Å². The minimum Gasteiger partial charge on any atom is -0.496 e. The molecule has 2 unspecified atom stereocenters. The summed E-state index contributed by atoms with van der Waals surface area (Å²) in [4.78, 5) is 16.3. The third-order valence-corrected chi connectivity index (χ3v) is 5.00. The zero-order chi connectivity index (χ0) is 18.4. The van der Waals surface area contributed by atoms with Crippen molar-refractivity contribution < 1.29 is 13.9 Å². The van der Waals surface area contributed by atoms with Gasteiger partial charge in [-0.1, -0.05) is 12.1 Å². The number of nitrogens with one attached hydrogen (secondary N) is 1. The second-order valence-electron chi connectivity index (χ2n) is 6.67. The van der Waals surface area contributed by atoms with E-state index < -0.39 is 12.1 Å². The first-order valence-corrected chi connectivity index (χ1v) is 8.54. The van der Waals surface area contributed by atoms with Crippen molar-refractivity contribution in [2.24, 2.45) is 13.0 Å². The summed E-state index contributed by atoms with van der Waals surface area (Å²) < 4.78 is 20.6. The second-order valence-corrected chi connectivity index (χ2v) is 6.67. The molecule has 26 heavy (non-hydrogen) atoms. The lowest BCUT2D eigenvalue weighted by molar-refractivity contribution is -0.117. The van der Waals surface area contributed by atoms with Crippen molar-refractivity contribution in [2.75, 3.05) is 12.4 Å². The molecule has 1 aliphatic carbocycles. The summed E-state index contributed by atoms with van der Waals surface area (Å²) in [5.74, 6) is 0.395. The van der Waals surface area contributed by atoms with Gasteiger partial charge < -0.3 is 14.6 Å². The topological polar surface area (TPSA) is 56.1 Å². The summed E-state index contributed by atoms with van der Waals surface area (Å²) in [6.07, 6.45) is 1.03. The van der Waals surface area contributed by atoms with Gasteiger partial charge in [0, 0.05) is 30.3 Å². The summed E-state index contributed by atoms with van der Waals surface area (Å²) in [5, 5.41) is 3.72. The fourth-order valence-electron chi connectivity index (χ4n) is 3.46. The van der Waals surface area contributed by atoms with Gasteiger partial charge in [-0.05, 0) is 31.0 Å². The highest BCUT2D eigenvalue weighted by molar-refractivity contribution is 5.97. The Bertz CT molecular complexity index is 1010. The number of aromatic nitrogens is 2. The number of pyridine rings is 1. The zero-order valence-electron chi connectivity index (χ0n) is 14.9. The Labute approximate surface area is 150 Å². The summed E-state index contributed by atoms with van der Waals surface area (Å²) >= 11 is 0. The summed E-state index contributed by atoms with van der Waals surface area (Å²) in [6, 6.07) is 9.69. The smallest absolute Gasteiger partial charge is 0.231 e. The number of hydrogen-bond donors (Lipinski definition) is 1. The number of hydrogen-bond acceptors (Lipinski definition) is 3. The number of fused-ring (bicyclic) bond motifs is 1. The molecular weight excluding hydrogens is 333 g/mol. The number of ether oxygens (including phenoxy) is 1. The van der Waals surface area contributed by atoms with Crippen molar-refractivity contribution in [3.8, 4) is 17.0 Å². The third-order valence-electron chi connectivity index (χ3n) is 5.00. The molecule has 0 radical (unpaired) electrons. The molecule has 1 fully saturated rings. The van der Waals surface area contributed by atoms with E-state index in [-0.39, 0.29) is 5.91 Å². The molecule has 2 atom stereocenters. The number of carbonyl (C=O) groups excluding carboxylic acids is 1. The molecule has 0 spiro atoms. The number of benzene rings is 1. The molecule has 4 rings (SSSR count). The number of amides is 1. The quantitative estimate of drug-likeness (QED) is 0.775. The van der Waals surface area contributed by atoms with Crippen LogP contribution in [0.5, 0.6) is 5.75 Å². The van der Waals surface area contributed by atoms with Crippen molar-refractivity contribution in [2.45, 2.75) is 19.5 Å². The number of para-hydroxylation sites is 1. The zero-order valence-corrected chi connectivity index (χ0v) is 14.9. The van der Waals surface area contributed by atoms with E-state index in [1.54, 1.807) is 13.3 Å². The molecule has 1 N–H and O–H groups in total. The van der Waals surface area contributed by atoms with E-state index in [4.69, 9.17) is 4.74 Å². The fraction of sp³-hybridized carbons (Fsp3) is 0.300. The summed E-state index contributed by atoms with van der Waals surface area (Å²) in [7, 11) is 3.63. The monoisotopic (exact) mass is 353 g/mol. The van der Waals surface area contributed by atoms with Gasteiger partial charge in [0.2, 0.25) is 5.91 Å². The van der Waals surface area contributed by atoms with E-state index in [9.17, 15) is 9.18 Å². The lowest BCUT2D eigenvalue weighted by atomic mass is 10.1. The number of carbonyl (C=O) groups is 1. The maximum absolute atomic E-state index is 13.1. The number of anilines is 1. The van der Waals surface area contributed by atoms with Crippen LogP contribution in [0.4, 0.5) is 10.2 Å². The molecule has 3 aromatic rings. The molecule has 1 aromatic carbocycles. The highest BCUT2D eigenvalue weighted by Gasteiger charge is 2.43. The number of halogens is 1. The van der Waals surface area contributed by atoms with E-state index >= 15 is 0 Å². The normalized spacial score (nSPS) is 18.8. The third kappa shape index (κ3) is 2.62. The lowest BCUT2D eigenvalue weighted by Gasteiger charge is -2.11. The van der Waals surface area contributed by atoms with Gasteiger partial charge in [0.05, 0.1) is 24.2 Å². The van der Waals surface area contributed by atoms with Crippen LogP contribution < -0.4 is 10.1 Å². The molecular formula is C20H20FN3O2. The first kappa shape index (κ1) is 16.6. The van der Waals surface area contributed by atoms with Crippen LogP contribution >= 0.6 is 0 Å². The highest BCUT2D eigenvalue weighted by Crippen LogP contribution is 2.38. The maximum atomic E-state index is 13.1. The predicted octanol–water partition coefficient (Wildman–Crippen LogP) is 3.85. The SMILES string of the molecule is COc1ccccc1-c1c(C)c2cnc(NC(=O)C3CC3F)cc2n1C. The van der Waals surface area contributed by atoms with Gasteiger partial charge in [0.25, 0.3) is 0 Å². The van der Waals surface area contributed by atoms with E-state index in [0.717, 1.165) is 33.5 Å². The van der Waals surface area contributed by atoms with Crippen molar-refractivity contribution >= 4 is 22.6 Å². The molecule has 2 heterocycles. The van der Waals surface area contributed by atoms with E-state index in [1.807, 2.05) is 44.3 Å². The molecule has 0 aliphatic heterocycles.